The minimum absolute atomic E-state index is 0.000372. The second-order valence-electron chi connectivity index (χ2n) is 10.1. The van der Waals surface area contributed by atoms with Crippen molar-refractivity contribution < 1.29 is 18.9 Å². The number of carbonyl (C=O) groups excluding carboxylic acids is 2. The number of benzene rings is 2. The van der Waals surface area contributed by atoms with Crippen LogP contribution in [0.4, 0.5) is 20.6 Å². The third kappa shape index (κ3) is 6.06. The molecule has 0 spiro atoms. The molecule has 1 saturated carbocycles. The second kappa shape index (κ2) is 11.2. The van der Waals surface area contributed by atoms with Gasteiger partial charge >= 0.3 is 6.03 Å². The third-order valence-corrected chi connectivity index (χ3v) is 7.39. The molecule has 4 N–H and O–H groups in total. The average Bonchev–Trinajstić information content (AvgIpc) is 3.32. The molecule has 3 amide bonds. The predicted octanol–water partition coefficient (Wildman–Crippen LogP) is 3.32. The topological polar surface area (TPSA) is 148 Å². The number of imidazole rings is 1. The van der Waals surface area contributed by atoms with E-state index < -0.39 is 22.8 Å². The Morgan fingerprint density at radius 1 is 1.08 bits per heavy atom. The lowest BCUT2D eigenvalue weighted by molar-refractivity contribution is -0.384. The zero-order chi connectivity index (χ0) is 27.5. The van der Waals surface area contributed by atoms with Gasteiger partial charge in [-0.3, -0.25) is 14.9 Å². The molecule has 1 aliphatic heterocycles. The van der Waals surface area contributed by atoms with Crippen LogP contribution in [0.25, 0.3) is 0 Å². The van der Waals surface area contributed by atoms with E-state index in [1.807, 2.05) is 4.57 Å². The van der Waals surface area contributed by atoms with Crippen LogP contribution in [-0.4, -0.2) is 49.4 Å². The largest absolute Gasteiger partial charge is 0.352 e. The Morgan fingerprint density at radius 3 is 2.44 bits per heavy atom. The predicted molar refractivity (Wildman–Crippen MR) is 141 cm³/mol. The van der Waals surface area contributed by atoms with Crippen LogP contribution >= 0.6 is 0 Å². The number of amides is 3. The fourth-order valence-corrected chi connectivity index (χ4v) is 5.16. The summed E-state index contributed by atoms with van der Waals surface area (Å²) in [4.78, 5) is 43.4. The van der Waals surface area contributed by atoms with Crippen LogP contribution in [0, 0.1) is 15.9 Å². The molecule has 2 heterocycles. The Labute approximate surface area is 224 Å². The molecule has 1 aliphatic carbocycles. The van der Waals surface area contributed by atoms with Crippen molar-refractivity contribution in [2.75, 3.05) is 5.32 Å². The minimum atomic E-state index is -0.781. The number of halogens is 1. The molecule has 11 nitrogen and oxygen atoms in total. The Kier molecular flexibility index (Phi) is 7.55. The monoisotopic (exact) mass is 535 g/mol. The first-order chi connectivity index (χ1) is 18.8. The molecule has 1 aromatic heterocycles. The van der Waals surface area contributed by atoms with Crippen LogP contribution in [0.15, 0.2) is 54.9 Å². The first kappa shape index (κ1) is 26.3. The van der Waals surface area contributed by atoms with E-state index in [2.05, 4.69) is 15.6 Å². The first-order valence-electron chi connectivity index (χ1n) is 12.9. The fraction of sp³-hybridized carbons (Fsp3) is 0.370. The Morgan fingerprint density at radius 2 is 1.77 bits per heavy atom. The highest BCUT2D eigenvalue weighted by Gasteiger charge is 2.38. The lowest BCUT2D eigenvalue weighted by atomic mass is 9.91. The number of hydrogen-bond donors (Lipinski definition) is 3. The summed E-state index contributed by atoms with van der Waals surface area (Å²) < 4.78 is 15.3. The maximum atomic E-state index is 13.5. The molecule has 1 atom stereocenters. The van der Waals surface area contributed by atoms with Crippen LogP contribution in [0.3, 0.4) is 0 Å². The number of nitro groups is 1. The van der Waals surface area contributed by atoms with E-state index in [-0.39, 0.29) is 36.6 Å². The van der Waals surface area contributed by atoms with Crippen molar-refractivity contribution in [3.8, 4) is 0 Å². The summed E-state index contributed by atoms with van der Waals surface area (Å²) in [6.07, 6.45) is 5.14. The molecule has 204 valence electrons. The number of urea groups is 1. The second-order valence-corrected chi connectivity index (χ2v) is 10.1. The van der Waals surface area contributed by atoms with Gasteiger partial charge in [0.1, 0.15) is 11.9 Å². The fourth-order valence-electron chi connectivity index (χ4n) is 5.16. The van der Waals surface area contributed by atoms with Gasteiger partial charge in [0.25, 0.3) is 5.69 Å². The van der Waals surface area contributed by atoms with Gasteiger partial charge in [-0.2, -0.15) is 0 Å². The molecule has 1 unspecified atom stereocenters. The Hall–Kier alpha value is -4.32. The van der Waals surface area contributed by atoms with E-state index in [9.17, 15) is 24.1 Å². The van der Waals surface area contributed by atoms with Crippen LogP contribution in [0.5, 0.6) is 0 Å². The summed E-state index contributed by atoms with van der Waals surface area (Å²) in [5.74, 6) is -0.671. The third-order valence-electron chi connectivity index (χ3n) is 7.39. The van der Waals surface area contributed by atoms with Gasteiger partial charge in [0.2, 0.25) is 5.91 Å². The van der Waals surface area contributed by atoms with E-state index in [0.29, 0.717) is 17.9 Å². The number of hydrogen-bond acceptors (Lipinski definition) is 6. The number of nitrogens with one attached hydrogen (secondary N) is 2. The average molecular weight is 536 g/mol. The molecule has 39 heavy (non-hydrogen) atoms. The number of nitro benzene ring substituents is 1. The number of aromatic nitrogens is 2. The zero-order valence-electron chi connectivity index (χ0n) is 21.3. The Balaban J connectivity index is 1.37. The molecular weight excluding hydrogens is 505 g/mol. The number of rotatable bonds is 6. The quantitative estimate of drug-likeness (QED) is 0.326. The molecule has 0 saturated heterocycles. The molecule has 2 aliphatic rings. The number of non-ortho nitro benzene ring substituents is 1. The summed E-state index contributed by atoms with van der Waals surface area (Å²) in [5.41, 5.74) is 8.74. The maximum absolute atomic E-state index is 13.5. The van der Waals surface area contributed by atoms with E-state index in [1.165, 1.54) is 41.3 Å². The normalized spacial score (nSPS) is 20.7. The maximum Gasteiger partial charge on any atom is 0.322 e. The highest BCUT2D eigenvalue weighted by atomic mass is 19.1. The van der Waals surface area contributed by atoms with Crippen molar-refractivity contribution >= 4 is 23.3 Å². The van der Waals surface area contributed by atoms with Gasteiger partial charge < -0.3 is 25.8 Å². The number of nitrogens with zero attached hydrogens (tertiary/aromatic N) is 4. The molecule has 0 bridgehead atoms. The van der Waals surface area contributed by atoms with Gasteiger partial charge in [-0.05, 0) is 55.5 Å². The van der Waals surface area contributed by atoms with Crippen molar-refractivity contribution in [2.45, 2.75) is 63.3 Å². The molecule has 0 radical (unpaired) electrons. The lowest BCUT2D eigenvalue weighted by Crippen LogP contribution is -2.56. The molecule has 12 heteroatoms. The van der Waals surface area contributed by atoms with Crippen LogP contribution in [0.2, 0.25) is 0 Å². The van der Waals surface area contributed by atoms with Gasteiger partial charge in [-0.25, -0.2) is 14.2 Å². The van der Waals surface area contributed by atoms with E-state index >= 15 is 0 Å². The summed E-state index contributed by atoms with van der Waals surface area (Å²) >= 11 is 0. The molecular formula is C27H30FN7O4. The highest BCUT2D eigenvalue weighted by molar-refractivity contribution is 5.94. The van der Waals surface area contributed by atoms with Crippen LogP contribution < -0.4 is 16.4 Å². The van der Waals surface area contributed by atoms with Crippen molar-refractivity contribution in [1.82, 2.24) is 19.8 Å². The van der Waals surface area contributed by atoms with E-state index in [0.717, 1.165) is 36.9 Å². The standard InChI is InChI=1S/C27H30FN7O4/c28-18-3-7-21(8-4-18)32-27(37)34-15-25-23(13-24(34)26(36)31-20-9-5-19(29)6-10-20)30-16-33(25)14-17-1-11-22(12-2-17)35(38)39/h1-4,7-8,11-12,16,19-20,24H,5-6,9-10,13-15,29H2,(H,31,36)(H,32,37). The SMILES string of the molecule is NC1CCC(NC(=O)C2Cc3ncn(Cc4ccc([N+](=O)[O-])cc4)c3CN2C(=O)Nc2ccc(F)cc2)CC1. The highest BCUT2D eigenvalue weighted by Crippen LogP contribution is 2.26. The number of carbonyl (C=O) groups is 2. The first-order valence-corrected chi connectivity index (χ1v) is 12.9. The number of nitrogens with two attached hydrogens (primary N) is 1. The minimum Gasteiger partial charge on any atom is -0.352 e. The van der Waals surface area contributed by atoms with Gasteiger partial charge in [0.05, 0.1) is 29.2 Å². The van der Waals surface area contributed by atoms with Crippen molar-refractivity contribution in [3.63, 3.8) is 0 Å². The van der Waals surface area contributed by atoms with Gasteiger partial charge in [0, 0.05) is 42.9 Å². The number of anilines is 1. The van der Waals surface area contributed by atoms with Crippen LogP contribution in [0.1, 0.15) is 42.6 Å². The van der Waals surface area contributed by atoms with Crippen molar-refractivity contribution in [1.29, 1.82) is 0 Å². The molecule has 1 fully saturated rings. The van der Waals surface area contributed by atoms with Crippen molar-refractivity contribution in [3.05, 3.63) is 87.7 Å². The molecule has 3 aromatic rings. The number of fused-ring (bicyclic) bond motifs is 1. The molecule has 2 aromatic carbocycles. The zero-order valence-corrected chi connectivity index (χ0v) is 21.3. The van der Waals surface area contributed by atoms with Gasteiger partial charge in [-0.1, -0.05) is 12.1 Å². The lowest BCUT2D eigenvalue weighted by Gasteiger charge is -2.36. The van der Waals surface area contributed by atoms with Gasteiger partial charge in [-0.15, -0.1) is 0 Å². The van der Waals surface area contributed by atoms with Crippen molar-refractivity contribution in [2.24, 2.45) is 5.73 Å². The summed E-state index contributed by atoms with van der Waals surface area (Å²) in [5, 5.41) is 16.9. The molecule has 5 rings (SSSR count). The Bertz CT molecular complexity index is 1350. The van der Waals surface area contributed by atoms with E-state index in [4.69, 9.17) is 5.73 Å². The van der Waals surface area contributed by atoms with Crippen LogP contribution in [-0.2, 0) is 24.3 Å². The smallest absolute Gasteiger partial charge is 0.322 e. The van der Waals surface area contributed by atoms with Gasteiger partial charge in [0.15, 0.2) is 0 Å². The summed E-state index contributed by atoms with van der Waals surface area (Å²) in [7, 11) is 0. The summed E-state index contributed by atoms with van der Waals surface area (Å²) in [6.45, 7) is 0.524. The van der Waals surface area contributed by atoms with E-state index in [1.54, 1.807) is 18.5 Å². The summed E-state index contributed by atoms with van der Waals surface area (Å²) in [6, 6.07) is 10.5.